The maximum Gasteiger partial charge on any atom is 0.251 e. The van der Waals surface area contributed by atoms with Crippen molar-refractivity contribution in [3.8, 4) is 0 Å². The quantitative estimate of drug-likeness (QED) is 0.788. The number of aliphatic hydroxyl groups excluding tert-OH is 1. The Morgan fingerprint density at radius 1 is 1.62 bits per heavy atom. The number of carbonyl (C=O) groups excluding carboxylic acids is 1. The number of nitrogens with zero attached hydrogens (tertiary/aromatic N) is 1. The molecule has 0 aliphatic rings. The zero-order chi connectivity index (χ0) is 12.1. The predicted molar refractivity (Wildman–Crippen MR) is 62.6 cm³/mol. The van der Waals surface area contributed by atoms with Gasteiger partial charge < -0.3 is 10.4 Å². The van der Waals surface area contributed by atoms with Gasteiger partial charge in [0.25, 0.3) is 5.91 Å². The summed E-state index contributed by atoms with van der Waals surface area (Å²) in [5.74, 6) is -0.201. The molecule has 88 valence electrons. The van der Waals surface area contributed by atoms with E-state index in [4.69, 9.17) is 16.7 Å². The average molecular weight is 243 g/mol. The number of nitrogens with one attached hydrogen (secondary N) is 1. The van der Waals surface area contributed by atoms with Crippen molar-refractivity contribution in [3.05, 3.63) is 28.5 Å². The fraction of sp³-hybridized carbons (Fsp3) is 0.455. The minimum atomic E-state index is -0.201. The summed E-state index contributed by atoms with van der Waals surface area (Å²) < 4.78 is 0. The Balaban J connectivity index is 2.72. The summed E-state index contributed by atoms with van der Waals surface area (Å²) in [6.45, 7) is 3.67. The van der Waals surface area contributed by atoms with Crippen molar-refractivity contribution < 1.29 is 9.90 Å². The summed E-state index contributed by atoms with van der Waals surface area (Å²) in [5.41, 5.74) is 1.19. The van der Waals surface area contributed by atoms with Crippen LogP contribution in [0, 0.1) is 6.92 Å². The van der Waals surface area contributed by atoms with Crippen molar-refractivity contribution in [2.24, 2.45) is 0 Å². The van der Waals surface area contributed by atoms with Gasteiger partial charge in [0, 0.05) is 23.9 Å². The Morgan fingerprint density at radius 2 is 2.31 bits per heavy atom. The number of rotatable bonds is 4. The summed E-state index contributed by atoms with van der Waals surface area (Å²) in [5, 5.41) is 11.8. The molecule has 0 saturated carbocycles. The highest BCUT2D eigenvalue weighted by molar-refractivity contribution is 6.29. The molecular weight excluding hydrogens is 228 g/mol. The molecule has 0 spiro atoms. The van der Waals surface area contributed by atoms with E-state index in [1.165, 1.54) is 6.07 Å². The van der Waals surface area contributed by atoms with E-state index in [0.717, 1.165) is 0 Å². The van der Waals surface area contributed by atoms with Crippen LogP contribution in [0.1, 0.15) is 29.4 Å². The maximum atomic E-state index is 11.8. The Bertz CT molecular complexity index is 362. The zero-order valence-electron chi connectivity index (χ0n) is 9.33. The van der Waals surface area contributed by atoms with Gasteiger partial charge in [-0.3, -0.25) is 4.79 Å². The number of pyridine rings is 1. The van der Waals surface area contributed by atoms with Gasteiger partial charge in [-0.05, 0) is 32.4 Å². The number of hydrogen-bond donors (Lipinski definition) is 2. The molecule has 1 heterocycles. The van der Waals surface area contributed by atoms with Gasteiger partial charge in [0.15, 0.2) is 0 Å². The van der Waals surface area contributed by atoms with Crippen LogP contribution in [0.25, 0.3) is 0 Å². The topological polar surface area (TPSA) is 62.2 Å². The first-order chi connectivity index (χ1) is 7.52. The van der Waals surface area contributed by atoms with Crippen LogP contribution in [0.4, 0.5) is 0 Å². The number of aryl methyl sites for hydroxylation is 1. The zero-order valence-corrected chi connectivity index (χ0v) is 10.1. The lowest BCUT2D eigenvalue weighted by molar-refractivity contribution is 0.0934. The molecule has 1 aromatic heterocycles. The third kappa shape index (κ3) is 3.79. The minimum absolute atomic E-state index is 0.0532. The standard InChI is InChI=1S/C11H15ClN2O2/c1-7(3-4-15)14-11(16)9-5-8(2)13-10(12)6-9/h5-7,15H,3-4H2,1-2H3,(H,14,16). The molecule has 16 heavy (non-hydrogen) atoms. The number of aliphatic hydroxyl groups is 1. The number of carbonyl (C=O) groups is 1. The normalized spacial score (nSPS) is 12.2. The van der Waals surface area contributed by atoms with Crippen LogP contribution in [0.5, 0.6) is 0 Å². The molecule has 1 atom stereocenters. The summed E-state index contributed by atoms with van der Waals surface area (Å²) in [6, 6.07) is 3.13. The van der Waals surface area contributed by atoms with Crippen molar-refractivity contribution >= 4 is 17.5 Å². The lowest BCUT2D eigenvalue weighted by atomic mass is 10.2. The van der Waals surface area contributed by atoms with Crippen LogP contribution in [0.2, 0.25) is 5.15 Å². The third-order valence-corrected chi connectivity index (χ3v) is 2.32. The Labute approximate surface area is 99.6 Å². The molecule has 0 saturated heterocycles. The highest BCUT2D eigenvalue weighted by Crippen LogP contribution is 2.10. The monoisotopic (exact) mass is 242 g/mol. The predicted octanol–water partition coefficient (Wildman–Crippen LogP) is 1.54. The number of hydrogen-bond acceptors (Lipinski definition) is 3. The largest absolute Gasteiger partial charge is 0.396 e. The van der Waals surface area contributed by atoms with E-state index in [2.05, 4.69) is 10.3 Å². The van der Waals surface area contributed by atoms with Crippen LogP contribution in [-0.4, -0.2) is 28.6 Å². The molecule has 0 radical (unpaired) electrons. The minimum Gasteiger partial charge on any atom is -0.396 e. The van der Waals surface area contributed by atoms with Crippen molar-refractivity contribution in [1.29, 1.82) is 0 Å². The number of amides is 1. The second-order valence-electron chi connectivity index (χ2n) is 3.71. The average Bonchev–Trinajstić information content (AvgIpc) is 2.16. The van der Waals surface area contributed by atoms with E-state index in [-0.39, 0.29) is 18.6 Å². The van der Waals surface area contributed by atoms with Gasteiger partial charge in [-0.1, -0.05) is 11.6 Å². The van der Waals surface area contributed by atoms with Crippen LogP contribution in [0.3, 0.4) is 0 Å². The van der Waals surface area contributed by atoms with Crippen molar-refractivity contribution in [3.63, 3.8) is 0 Å². The first-order valence-corrected chi connectivity index (χ1v) is 5.46. The molecule has 0 aromatic carbocycles. The van der Waals surface area contributed by atoms with Crippen LogP contribution in [-0.2, 0) is 0 Å². The SMILES string of the molecule is Cc1cc(C(=O)NC(C)CCO)cc(Cl)n1. The number of halogens is 1. The lowest BCUT2D eigenvalue weighted by Crippen LogP contribution is -2.33. The third-order valence-electron chi connectivity index (χ3n) is 2.12. The van der Waals surface area contributed by atoms with Crippen LogP contribution in [0.15, 0.2) is 12.1 Å². The van der Waals surface area contributed by atoms with Crippen LogP contribution >= 0.6 is 11.6 Å². The smallest absolute Gasteiger partial charge is 0.251 e. The van der Waals surface area contributed by atoms with Crippen molar-refractivity contribution in [1.82, 2.24) is 10.3 Å². The molecule has 0 fully saturated rings. The molecule has 0 aliphatic heterocycles. The molecule has 1 aromatic rings. The second-order valence-corrected chi connectivity index (χ2v) is 4.09. The highest BCUT2D eigenvalue weighted by Gasteiger charge is 2.10. The summed E-state index contributed by atoms with van der Waals surface area (Å²) in [6.07, 6.45) is 0.531. The molecule has 5 heteroatoms. The van der Waals surface area contributed by atoms with E-state index >= 15 is 0 Å². The number of aromatic nitrogens is 1. The lowest BCUT2D eigenvalue weighted by Gasteiger charge is -2.12. The molecular formula is C11H15ClN2O2. The molecule has 0 aliphatic carbocycles. The Hall–Kier alpha value is -1.13. The molecule has 1 unspecified atom stereocenters. The van der Waals surface area contributed by atoms with Gasteiger partial charge in [0.05, 0.1) is 0 Å². The second kappa shape index (κ2) is 5.82. The fourth-order valence-electron chi connectivity index (χ4n) is 1.33. The molecule has 0 bridgehead atoms. The van der Waals surface area contributed by atoms with Gasteiger partial charge in [0.2, 0.25) is 0 Å². The van der Waals surface area contributed by atoms with E-state index in [9.17, 15) is 4.79 Å². The van der Waals surface area contributed by atoms with E-state index in [0.29, 0.717) is 22.8 Å². The van der Waals surface area contributed by atoms with Crippen LogP contribution < -0.4 is 5.32 Å². The molecule has 1 rings (SSSR count). The van der Waals surface area contributed by atoms with Gasteiger partial charge in [-0.15, -0.1) is 0 Å². The molecule has 1 amide bonds. The molecule has 2 N–H and O–H groups in total. The molecule has 4 nitrogen and oxygen atoms in total. The fourth-order valence-corrected chi connectivity index (χ4v) is 1.58. The van der Waals surface area contributed by atoms with Gasteiger partial charge in [-0.2, -0.15) is 0 Å². The first-order valence-electron chi connectivity index (χ1n) is 5.09. The van der Waals surface area contributed by atoms with Gasteiger partial charge in [0.1, 0.15) is 5.15 Å². The Morgan fingerprint density at radius 3 is 2.88 bits per heavy atom. The maximum absolute atomic E-state index is 11.8. The van der Waals surface area contributed by atoms with E-state index in [1.54, 1.807) is 13.0 Å². The van der Waals surface area contributed by atoms with E-state index in [1.807, 2.05) is 6.92 Å². The first kappa shape index (κ1) is 12.9. The van der Waals surface area contributed by atoms with Crippen molar-refractivity contribution in [2.75, 3.05) is 6.61 Å². The summed E-state index contributed by atoms with van der Waals surface area (Å²) in [4.78, 5) is 15.7. The summed E-state index contributed by atoms with van der Waals surface area (Å²) >= 11 is 5.76. The van der Waals surface area contributed by atoms with Crippen molar-refractivity contribution in [2.45, 2.75) is 26.3 Å². The summed E-state index contributed by atoms with van der Waals surface area (Å²) in [7, 11) is 0. The van der Waals surface area contributed by atoms with E-state index < -0.39 is 0 Å². The van der Waals surface area contributed by atoms with Gasteiger partial charge >= 0.3 is 0 Å². The Kier molecular flexibility index (Phi) is 4.71. The highest BCUT2D eigenvalue weighted by atomic mass is 35.5. The van der Waals surface area contributed by atoms with Gasteiger partial charge in [-0.25, -0.2) is 4.98 Å².